The van der Waals surface area contributed by atoms with E-state index in [2.05, 4.69) is 27.7 Å². The van der Waals surface area contributed by atoms with Crippen molar-refractivity contribution in [1.29, 1.82) is 0 Å². The van der Waals surface area contributed by atoms with E-state index >= 15 is 0 Å². The molecule has 0 fully saturated rings. The van der Waals surface area contributed by atoms with Crippen molar-refractivity contribution in [1.82, 2.24) is 19.6 Å². The smallest absolute Gasteiger partial charge is 0.549 e. The van der Waals surface area contributed by atoms with Crippen LogP contribution in [0.15, 0.2) is 0 Å². The topological polar surface area (TPSA) is 621 Å². The first-order chi connectivity index (χ1) is 64.6. The van der Waals surface area contributed by atoms with Crippen LogP contribution in [-0.2, 0) is 78.8 Å². The number of nitrogens with zero attached hydrogens (tertiary/aromatic N) is 4. The Hall–Kier alpha value is -0.920. The van der Waals surface area contributed by atoms with E-state index in [0.717, 1.165) is 122 Å². The van der Waals surface area contributed by atoms with Gasteiger partial charge >= 0.3 is 118 Å². The van der Waals surface area contributed by atoms with Gasteiger partial charge in [0, 0.05) is 26.2 Å². The first-order valence-corrected chi connectivity index (χ1v) is 57.6. The number of hydrogen-bond acceptors (Lipinski definition) is 28. The van der Waals surface area contributed by atoms with Gasteiger partial charge in [0.2, 0.25) is 23.6 Å². The molecular weight excluding hydrogens is 1940 g/mol. The number of unbranched alkanes of at least 4 members (excludes halogenated alkanes) is 60. The SMILES string of the molecule is CCCCCCCCCCCCCCCCCCN(C(=O)CC(C(=O)[O-])S(=O)(=O)O)C(O)CO.CCCCCCCCCCCCCCCCCCN(C(=O)CC(C(=O)[O-])S(=O)(=O)O)C(O)CO.CCCCCCCCCCCCCCCCCCN(C(=O)CC(C(=O)[O-])S(=O)(=O)O)C(O)CO.CCCCCCCCCCCCCCCCCCN(C(=O)CC(C(=O)[O-])S(=O)(=O)O)C(O)CO.[Na+].[Na+].[Na+].[Na+]. The van der Waals surface area contributed by atoms with Crippen LogP contribution in [0.3, 0.4) is 0 Å². The van der Waals surface area contributed by atoms with Crippen molar-refractivity contribution in [2.24, 2.45) is 0 Å². The number of carboxylic acid groups (broad SMARTS) is 4. The molecule has 0 aliphatic heterocycles. The molecule has 0 aliphatic rings. The summed E-state index contributed by atoms with van der Waals surface area (Å²) in [6.45, 7) is 6.03. The Morgan fingerprint density at radius 1 is 0.200 bits per heavy atom. The molecule has 4 amide bonds. The summed E-state index contributed by atoms with van der Waals surface area (Å²) in [5.41, 5.74) is 0. The van der Waals surface area contributed by atoms with Crippen molar-refractivity contribution in [3.05, 3.63) is 0 Å². The molecule has 0 radical (unpaired) electrons. The summed E-state index contributed by atoms with van der Waals surface area (Å²) in [4.78, 5) is 96.2. The van der Waals surface area contributed by atoms with Gasteiger partial charge < -0.3 is 100 Å². The Labute approximate surface area is 930 Å². The number of amides is 4. The molecular formula is C96H184N4Na4O32S4. The average molecular weight is 2130 g/mol. The molecule has 0 saturated carbocycles. The van der Waals surface area contributed by atoms with Crippen LogP contribution in [0.25, 0.3) is 0 Å². The van der Waals surface area contributed by atoms with Crippen LogP contribution in [-0.4, -0.2) is 258 Å². The zero-order chi connectivity index (χ0) is 103. The van der Waals surface area contributed by atoms with Crippen LogP contribution in [0.2, 0.25) is 0 Å². The standard InChI is InChI=1S/4C24H47NO8S.4Na/c4*1-2-3-4-5-6-7-8-9-10-11-12-13-14-15-16-17-18-25(23(28)20-26)22(27)19-21(24(29)30)34(31,32)33;;;;/h4*21,23,26,28H,2-20H2,1H3,(H,29,30)(H,31,32,33);;;;/q;;;;4*+1/p-4. The molecule has 0 bridgehead atoms. The van der Waals surface area contributed by atoms with Gasteiger partial charge in [-0.25, -0.2) is 0 Å². The van der Waals surface area contributed by atoms with E-state index in [-0.39, 0.29) is 144 Å². The van der Waals surface area contributed by atoms with E-state index in [4.69, 9.17) is 38.6 Å². The van der Waals surface area contributed by atoms with Gasteiger partial charge in [-0.2, -0.15) is 33.7 Å². The molecule has 36 nitrogen and oxygen atoms in total. The Balaban J connectivity index is -0.000000274. The molecule has 0 aliphatic carbocycles. The summed E-state index contributed by atoms with van der Waals surface area (Å²) < 4.78 is 125. The maximum Gasteiger partial charge on any atom is 1.00 e. The maximum absolute atomic E-state index is 12.3. The van der Waals surface area contributed by atoms with Crippen molar-refractivity contribution >= 4 is 88.0 Å². The van der Waals surface area contributed by atoms with E-state index < -0.39 is 186 Å². The number of carboxylic acids is 4. The second kappa shape index (κ2) is 103. The molecule has 140 heavy (non-hydrogen) atoms. The average Bonchev–Trinajstić information content (AvgIpc) is 0.859. The zero-order valence-corrected chi connectivity index (χ0v) is 98.6. The number of carbonyl (C=O) groups excluding carboxylic acids is 8. The van der Waals surface area contributed by atoms with Gasteiger partial charge in [0.1, 0.15) is 21.0 Å². The van der Waals surface area contributed by atoms with Gasteiger partial charge in [0.25, 0.3) is 40.5 Å². The fourth-order valence-electron chi connectivity index (χ4n) is 15.8. The minimum atomic E-state index is -5.03. The molecule has 8 unspecified atom stereocenters. The number of rotatable bonds is 92. The molecule has 0 aromatic carbocycles. The molecule has 808 valence electrons. The molecule has 12 N–H and O–H groups in total. The van der Waals surface area contributed by atoms with Gasteiger partial charge in [-0.05, 0) is 25.7 Å². The van der Waals surface area contributed by atoms with Gasteiger partial charge in [-0.15, -0.1) is 0 Å². The predicted octanol–water partition coefficient (Wildman–Crippen LogP) is -0.850. The monoisotopic (exact) mass is 2130 g/mol. The number of aliphatic carboxylic acids is 4. The van der Waals surface area contributed by atoms with Gasteiger partial charge in [0.05, 0.1) is 76.0 Å². The molecule has 0 spiro atoms. The van der Waals surface area contributed by atoms with E-state index in [9.17, 15) is 113 Å². The van der Waals surface area contributed by atoms with E-state index in [0.29, 0.717) is 25.7 Å². The summed E-state index contributed by atoms with van der Waals surface area (Å²) >= 11 is 0. The first kappa shape index (κ1) is 154. The third-order valence-corrected chi connectivity index (χ3v) is 28.6. The molecule has 0 rings (SSSR count). The maximum atomic E-state index is 12.3. The van der Waals surface area contributed by atoms with Crippen molar-refractivity contribution in [2.45, 2.75) is 510 Å². The van der Waals surface area contributed by atoms with Crippen LogP contribution in [0.5, 0.6) is 0 Å². The first-order valence-electron chi connectivity index (χ1n) is 51.6. The fourth-order valence-corrected chi connectivity index (χ4v) is 18.2. The number of aliphatic hydroxyl groups excluding tert-OH is 8. The zero-order valence-electron chi connectivity index (χ0n) is 87.3. The molecule has 0 aromatic heterocycles. The Morgan fingerprint density at radius 2 is 0.293 bits per heavy atom. The second-order valence-electron chi connectivity index (χ2n) is 36.3. The van der Waals surface area contributed by atoms with Crippen molar-refractivity contribution < 1.29 is 270 Å². The van der Waals surface area contributed by atoms with Crippen LogP contribution >= 0.6 is 0 Å². The summed E-state index contributed by atoms with van der Waals surface area (Å²) in [6, 6.07) is 0. The van der Waals surface area contributed by atoms with Crippen LogP contribution in [0.1, 0.15) is 464 Å². The van der Waals surface area contributed by atoms with Crippen molar-refractivity contribution in [2.75, 3.05) is 52.6 Å². The largest absolute Gasteiger partial charge is 1.00 e. The molecule has 8 atom stereocenters. The van der Waals surface area contributed by atoms with Crippen molar-refractivity contribution in [3.63, 3.8) is 0 Å². The van der Waals surface area contributed by atoms with E-state index in [1.165, 1.54) is 283 Å². The molecule has 0 heterocycles. The van der Waals surface area contributed by atoms with Crippen LogP contribution < -0.4 is 139 Å². The Kier molecular flexibility index (Phi) is 113. The molecule has 44 heteroatoms. The number of carbonyl (C=O) groups is 8. The summed E-state index contributed by atoms with van der Waals surface area (Å²) in [7, 11) is -20.1. The predicted molar refractivity (Wildman–Crippen MR) is 517 cm³/mol. The van der Waals surface area contributed by atoms with Gasteiger partial charge in [0.15, 0.2) is 24.9 Å². The normalized spacial score (nSPS) is 13.1. The number of aliphatic hydroxyl groups is 8. The third kappa shape index (κ3) is 90.9. The summed E-state index contributed by atoms with van der Waals surface area (Å²) in [6.07, 6.45) is 64.9. The Bertz CT molecular complexity index is 3030. The fraction of sp³-hybridized carbons (Fsp3) is 0.917. The Morgan fingerprint density at radius 3 is 0.371 bits per heavy atom. The third-order valence-electron chi connectivity index (χ3n) is 24.3. The summed E-state index contributed by atoms with van der Waals surface area (Å²) in [5, 5.41) is 110. The van der Waals surface area contributed by atoms with Gasteiger partial charge in [-0.1, -0.05) is 413 Å². The van der Waals surface area contributed by atoms with Gasteiger partial charge in [-0.3, -0.25) is 37.4 Å². The number of hydrogen-bond donors (Lipinski definition) is 12. The minimum Gasteiger partial charge on any atom is -0.549 e. The second-order valence-corrected chi connectivity index (χ2v) is 42.7. The molecule has 0 saturated heterocycles. The quantitative estimate of drug-likeness (QED) is 0.0153. The van der Waals surface area contributed by atoms with Crippen molar-refractivity contribution in [3.8, 4) is 0 Å². The van der Waals surface area contributed by atoms with Crippen LogP contribution in [0.4, 0.5) is 0 Å². The van der Waals surface area contributed by atoms with E-state index in [1.807, 2.05) is 0 Å². The van der Waals surface area contributed by atoms with E-state index in [1.54, 1.807) is 0 Å². The summed E-state index contributed by atoms with van der Waals surface area (Å²) in [5.74, 6) is -12.4. The van der Waals surface area contributed by atoms with Crippen LogP contribution in [0, 0.1) is 0 Å². The minimum absolute atomic E-state index is 0. The molecule has 0 aromatic rings.